The van der Waals surface area contributed by atoms with Gasteiger partial charge in [0, 0.05) is 12.3 Å². The number of nitrogens with one attached hydrogen (secondary N) is 1. The van der Waals surface area contributed by atoms with Crippen LogP contribution in [0.3, 0.4) is 0 Å². The molecule has 0 bridgehead atoms. The Kier molecular flexibility index (Phi) is 6.58. The minimum absolute atomic E-state index is 0.263. The lowest BCUT2D eigenvalue weighted by Crippen LogP contribution is -2.41. The van der Waals surface area contributed by atoms with Crippen LogP contribution in [0.1, 0.15) is 76.2 Å². The summed E-state index contributed by atoms with van der Waals surface area (Å²) in [7, 11) is -0.451. The lowest BCUT2D eigenvalue weighted by atomic mass is 9.78. The molecule has 9 heteroatoms. The predicted octanol–water partition coefficient (Wildman–Crippen LogP) is 3.84. The molecular weight excluding hydrogens is 421 g/mol. The second kappa shape index (κ2) is 9.12. The Labute approximate surface area is 196 Å². The van der Waals surface area contributed by atoms with Gasteiger partial charge in [-0.1, -0.05) is 12.1 Å². The monoisotopic (exact) mass is 455 g/mol. The molecule has 2 aromatic rings. The number of aryl methyl sites for hydroxylation is 1. The zero-order chi connectivity index (χ0) is 23.8. The van der Waals surface area contributed by atoms with Gasteiger partial charge < -0.3 is 24.1 Å². The van der Waals surface area contributed by atoms with Crippen molar-refractivity contribution in [3.8, 4) is 5.75 Å². The highest BCUT2D eigenvalue weighted by Gasteiger charge is 2.51. The summed E-state index contributed by atoms with van der Waals surface area (Å²) < 4.78 is 25.5. The Hall–Kier alpha value is -2.36. The van der Waals surface area contributed by atoms with Gasteiger partial charge in [0.05, 0.1) is 24.0 Å². The van der Waals surface area contributed by atoms with E-state index in [2.05, 4.69) is 10.4 Å². The van der Waals surface area contributed by atoms with E-state index in [9.17, 15) is 4.79 Å². The van der Waals surface area contributed by atoms with E-state index in [1.165, 1.54) is 0 Å². The minimum atomic E-state index is -0.451. The number of carbonyl (C=O) groups is 1. The van der Waals surface area contributed by atoms with Crippen molar-refractivity contribution in [1.82, 2.24) is 9.78 Å². The van der Waals surface area contributed by atoms with Crippen LogP contribution in [0.4, 0.5) is 5.69 Å². The molecule has 2 saturated heterocycles. The third-order valence-electron chi connectivity index (χ3n) is 6.73. The molecule has 1 aromatic carbocycles. The van der Waals surface area contributed by atoms with Crippen LogP contribution < -0.4 is 15.5 Å². The van der Waals surface area contributed by atoms with E-state index in [0.717, 1.165) is 30.3 Å². The van der Waals surface area contributed by atoms with E-state index in [4.69, 9.17) is 18.8 Å². The summed E-state index contributed by atoms with van der Waals surface area (Å²) in [5.74, 6) is 0.173. The highest BCUT2D eigenvalue weighted by molar-refractivity contribution is 6.62. The Morgan fingerprint density at radius 3 is 2.58 bits per heavy atom. The van der Waals surface area contributed by atoms with Gasteiger partial charge in [0.15, 0.2) is 17.7 Å². The maximum atomic E-state index is 13.3. The van der Waals surface area contributed by atoms with Crippen LogP contribution in [0.5, 0.6) is 5.75 Å². The van der Waals surface area contributed by atoms with Crippen LogP contribution in [-0.2, 0) is 14.0 Å². The van der Waals surface area contributed by atoms with Gasteiger partial charge in [0.1, 0.15) is 0 Å². The molecule has 2 aliphatic rings. The Balaban J connectivity index is 1.55. The number of nitrogens with zero attached hydrogens (tertiary/aromatic N) is 2. The molecule has 0 aliphatic carbocycles. The van der Waals surface area contributed by atoms with Crippen molar-refractivity contribution in [1.29, 1.82) is 0 Å². The fraction of sp³-hybridized carbons (Fsp3) is 0.583. The average molecular weight is 455 g/mol. The van der Waals surface area contributed by atoms with E-state index in [0.29, 0.717) is 30.3 Å². The summed E-state index contributed by atoms with van der Waals surface area (Å²) in [6.45, 7) is 13.1. The van der Waals surface area contributed by atoms with Gasteiger partial charge in [-0.25, -0.2) is 4.68 Å². The molecule has 1 unspecified atom stereocenters. The van der Waals surface area contributed by atoms with E-state index in [-0.39, 0.29) is 12.1 Å². The van der Waals surface area contributed by atoms with E-state index < -0.39 is 18.3 Å². The first-order valence-electron chi connectivity index (χ1n) is 11.7. The molecule has 8 nitrogen and oxygen atoms in total. The molecule has 2 fully saturated rings. The molecule has 1 aromatic heterocycles. The third kappa shape index (κ3) is 4.67. The normalized spacial score (nSPS) is 21.8. The predicted molar refractivity (Wildman–Crippen MR) is 127 cm³/mol. The van der Waals surface area contributed by atoms with Crippen molar-refractivity contribution < 1.29 is 23.6 Å². The van der Waals surface area contributed by atoms with Crippen LogP contribution >= 0.6 is 0 Å². The second-order valence-corrected chi connectivity index (χ2v) is 9.67. The third-order valence-corrected chi connectivity index (χ3v) is 6.73. The molecule has 4 rings (SSSR count). The summed E-state index contributed by atoms with van der Waals surface area (Å²) >= 11 is 0. The van der Waals surface area contributed by atoms with Crippen molar-refractivity contribution in [2.75, 3.05) is 18.5 Å². The topological polar surface area (TPSA) is 83.8 Å². The van der Waals surface area contributed by atoms with Gasteiger partial charge in [-0.3, -0.25) is 4.79 Å². The fourth-order valence-electron chi connectivity index (χ4n) is 4.09. The van der Waals surface area contributed by atoms with E-state index in [1.807, 2.05) is 59.7 Å². The van der Waals surface area contributed by atoms with Crippen molar-refractivity contribution in [3.05, 3.63) is 35.7 Å². The summed E-state index contributed by atoms with van der Waals surface area (Å²) in [4.78, 5) is 13.3. The Bertz CT molecular complexity index is 998. The van der Waals surface area contributed by atoms with Crippen LogP contribution in [0.25, 0.3) is 0 Å². The molecule has 0 spiro atoms. The summed E-state index contributed by atoms with van der Waals surface area (Å²) in [5.41, 5.74) is 2.09. The lowest BCUT2D eigenvalue weighted by molar-refractivity contribution is -0.0406. The number of amides is 1. The van der Waals surface area contributed by atoms with Gasteiger partial charge in [0.25, 0.3) is 5.91 Å². The average Bonchev–Trinajstić information content (AvgIpc) is 3.28. The number of hydrogen-bond donors (Lipinski definition) is 1. The van der Waals surface area contributed by atoms with Gasteiger partial charge in [0.2, 0.25) is 0 Å². The highest BCUT2D eigenvalue weighted by Crippen LogP contribution is 2.36. The molecule has 1 N–H and O–H groups in total. The fourth-order valence-corrected chi connectivity index (χ4v) is 4.09. The largest absolute Gasteiger partial charge is 0.494 e. The molecular formula is C24H34BN3O5. The van der Waals surface area contributed by atoms with Crippen molar-refractivity contribution in [2.24, 2.45) is 0 Å². The summed E-state index contributed by atoms with van der Waals surface area (Å²) in [6, 6.07) is 5.80. The number of ether oxygens (including phenoxy) is 2. The molecule has 0 saturated carbocycles. The van der Waals surface area contributed by atoms with Gasteiger partial charge in [-0.05, 0) is 77.9 Å². The van der Waals surface area contributed by atoms with Crippen molar-refractivity contribution >= 4 is 24.2 Å². The number of carbonyl (C=O) groups excluding carboxylic acids is 1. The highest BCUT2D eigenvalue weighted by atomic mass is 16.7. The van der Waals surface area contributed by atoms with Gasteiger partial charge in [-0.15, -0.1) is 0 Å². The smallest absolute Gasteiger partial charge is 0.490 e. The summed E-state index contributed by atoms with van der Waals surface area (Å²) in [5, 5.41) is 7.43. The molecule has 2 aliphatic heterocycles. The molecule has 33 heavy (non-hydrogen) atoms. The Morgan fingerprint density at radius 1 is 1.24 bits per heavy atom. The zero-order valence-electron chi connectivity index (χ0n) is 20.4. The van der Waals surface area contributed by atoms with Crippen LogP contribution in [0.15, 0.2) is 24.4 Å². The maximum absolute atomic E-state index is 13.3. The minimum Gasteiger partial charge on any atom is -0.490 e. The number of hydrogen-bond acceptors (Lipinski definition) is 6. The first-order chi connectivity index (χ1) is 15.6. The van der Waals surface area contributed by atoms with E-state index in [1.54, 1.807) is 10.9 Å². The molecule has 1 atom stereocenters. The SMILES string of the molecule is CCOc1cnn(C2CCCCO2)c1C(=O)Nc1ccc(B2OC(C)(C)C(C)(C)O2)cc1C. The summed E-state index contributed by atoms with van der Waals surface area (Å²) in [6.07, 6.45) is 4.20. The number of anilines is 1. The number of aromatic nitrogens is 2. The molecule has 0 radical (unpaired) electrons. The molecule has 3 heterocycles. The Morgan fingerprint density at radius 2 is 1.97 bits per heavy atom. The van der Waals surface area contributed by atoms with Crippen LogP contribution in [0.2, 0.25) is 0 Å². The molecule has 1 amide bonds. The zero-order valence-corrected chi connectivity index (χ0v) is 20.4. The first-order valence-corrected chi connectivity index (χ1v) is 11.7. The van der Waals surface area contributed by atoms with Crippen LogP contribution in [-0.4, -0.2) is 47.2 Å². The van der Waals surface area contributed by atoms with Crippen molar-refractivity contribution in [3.63, 3.8) is 0 Å². The maximum Gasteiger partial charge on any atom is 0.494 e. The van der Waals surface area contributed by atoms with Crippen LogP contribution in [0, 0.1) is 6.92 Å². The van der Waals surface area contributed by atoms with Gasteiger partial charge in [-0.2, -0.15) is 5.10 Å². The molecule has 178 valence electrons. The second-order valence-electron chi connectivity index (χ2n) is 9.67. The first kappa shape index (κ1) is 23.8. The van der Waals surface area contributed by atoms with Crippen molar-refractivity contribution in [2.45, 2.75) is 78.2 Å². The van der Waals surface area contributed by atoms with E-state index >= 15 is 0 Å². The number of rotatable bonds is 6. The van der Waals surface area contributed by atoms with Gasteiger partial charge >= 0.3 is 7.12 Å². The lowest BCUT2D eigenvalue weighted by Gasteiger charge is -2.32. The standard InChI is InChI=1S/C24H34BN3O5/c1-7-30-19-15-26-28(20-10-8-9-13-31-20)21(19)22(29)27-18-12-11-17(14-16(18)2)25-32-23(3,4)24(5,6)33-25/h11-12,14-15,20H,7-10,13H2,1-6H3,(H,27,29). The quantitative estimate of drug-likeness (QED) is 0.667. The number of benzene rings is 1.